The topological polar surface area (TPSA) is 96.0 Å². The molecule has 0 radical (unpaired) electrons. The van der Waals surface area contributed by atoms with Crippen LogP contribution in [0.5, 0.6) is 5.75 Å². The van der Waals surface area contributed by atoms with Crippen molar-refractivity contribution >= 4 is 50.7 Å². The smallest absolute Gasteiger partial charge is 0.244 e. The Bertz CT molecular complexity index is 1110. The fraction of sp³-hybridized carbons (Fsp3) is 0.391. The van der Waals surface area contributed by atoms with E-state index in [1.807, 2.05) is 6.92 Å². The number of carbonyl (C=O) groups is 2. The average Bonchev–Trinajstić information content (AvgIpc) is 2.78. The number of carbonyl (C=O) groups excluding carboxylic acids is 2. The molecule has 0 aromatic heterocycles. The number of hydrogen-bond acceptors (Lipinski definition) is 5. The molecule has 1 unspecified atom stereocenters. The first kappa shape index (κ1) is 27.8. The van der Waals surface area contributed by atoms with Crippen LogP contribution < -0.4 is 14.4 Å². The minimum atomic E-state index is -3.81. The van der Waals surface area contributed by atoms with Crippen LogP contribution in [0.3, 0.4) is 0 Å². The molecule has 0 spiro atoms. The lowest BCUT2D eigenvalue weighted by Gasteiger charge is -2.31. The van der Waals surface area contributed by atoms with Gasteiger partial charge >= 0.3 is 0 Å². The Balaban J connectivity index is 2.37. The largest absolute Gasteiger partial charge is 0.494 e. The van der Waals surface area contributed by atoms with Crippen LogP contribution in [-0.4, -0.2) is 57.1 Å². The van der Waals surface area contributed by atoms with Gasteiger partial charge < -0.3 is 15.0 Å². The molecule has 34 heavy (non-hydrogen) atoms. The quantitative estimate of drug-likeness (QED) is 0.478. The predicted molar refractivity (Wildman–Crippen MR) is 135 cm³/mol. The molecular weight excluding hydrogens is 501 g/mol. The van der Waals surface area contributed by atoms with Crippen molar-refractivity contribution in [3.05, 3.63) is 58.1 Å². The molecule has 0 aliphatic carbocycles. The zero-order valence-electron chi connectivity index (χ0n) is 19.5. The van der Waals surface area contributed by atoms with Crippen molar-refractivity contribution in [3.8, 4) is 5.75 Å². The van der Waals surface area contributed by atoms with E-state index in [-0.39, 0.29) is 12.5 Å². The van der Waals surface area contributed by atoms with Gasteiger partial charge in [0.05, 0.1) is 28.6 Å². The molecule has 186 valence electrons. The molecule has 0 bridgehead atoms. The van der Waals surface area contributed by atoms with Crippen LogP contribution >= 0.6 is 23.2 Å². The lowest BCUT2D eigenvalue weighted by Crippen LogP contribution is -2.51. The summed E-state index contributed by atoms with van der Waals surface area (Å²) in [7, 11) is -3.81. The molecule has 2 rings (SSSR count). The maximum atomic E-state index is 13.4. The summed E-state index contributed by atoms with van der Waals surface area (Å²) < 4.78 is 31.5. The molecule has 1 N–H and O–H groups in total. The molecule has 0 fully saturated rings. The van der Waals surface area contributed by atoms with Gasteiger partial charge in [0.1, 0.15) is 18.3 Å². The fourth-order valence-corrected chi connectivity index (χ4v) is 4.40. The summed E-state index contributed by atoms with van der Waals surface area (Å²) in [6.07, 6.45) is 1.02. The number of nitrogens with zero attached hydrogens (tertiary/aromatic N) is 2. The Hall–Kier alpha value is -2.49. The predicted octanol–water partition coefficient (Wildman–Crippen LogP) is 3.71. The van der Waals surface area contributed by atoms with E-state index in [0.29, 0.717) is 40.2 Å². The number of benzene rings is 2. The maximum absolute atomic E-state index is 13.4. The molecule has 0 saturated heterocycles. The highest BCUT2D eigenvalue weighted by Gasteiger charge is 2.30. The van der Waals surface area contributed by atoms with Crippen LogP contribution in [0.25, 0.3) is 0 Å². The molecule has 11 heteroatoms. The van der Waals surface area contributed by atoms with Crippen LogP contribution in [0.1, 0.15) is 26.3 Å². The zero-order chi connectivity index (χ0) is 25.5. The Labute approximate surface area is 210 Å². The minimum absolute atomic E-state index is 0.0366. The van der Waals surface area contributed by atoms with Gasteiger partial charge in [0.2, 0.25) is 21.8 Å². The Morgan fingerprint density at radius 1 is 1.06 bits per heavy atom. The third kappa shape index (κ3) is 7.51. The summed E-state index contributed by atoms with van der Waals surface area (Å²) in [6.45, 7) is 5.60. The molecule has 2 amide bonds. The first-order valence-corrected chi connectivity index (χ1v) is 13.3. The standard InChI is InChI=1S/C23H29Cl2N3O5S/c1-5-26-23(30)16(3)27(14-17-7-12-20(24)21(25)13-17)22(29)15-28(34(4,31)32)18-8-10-19(11-9-18)33-6-2/h7-13,16H,5-6,14-15H2,1-4H3,(H,26,30). The second-order valence-corrected chi connectivity index (χ2v) is 10.3. The second-order valence-electron chi connectivity index (χ2n) is 7.54. The summed E-state index contributed by atoms with van der Waals surface area (Å²) in [6, 6.07) is 10.4. The van der Waals surface area contributed by atoms with E-state index in [1.54, 1.807) is 56.3 Å². The number of likely N-dealkylation sites (N-methyl/N-ethyl adjacent to an activating group) is 1. The number of nitrogens with one attached hydrogen (secondary N) is 1. The van der Waals surface area contributed by atoms with Crippen LogP contribution in [0.4, 0.5) is 5.69 Å². The summed E-state index contributed by atoms with van der Waals surface area (Å²) in [5, 5.41) is 3.36. The van der Waals surface area contributed by atoms with E-state index in [4.69, 9.17) is 27.9 Å². The Morgan fingerprint density at radius 3 is 2.24 bits per heavy atom. The van der Waals surface area contributed by atoms with Crippen LogP contribution in [0.15, 0.2) is 42.5 Å². The van der Waals surface area contributed by atoms with Gasteiger partial charge in [0, 0.05) is 13.1 Å². The highest BCUT2D eigenvalue weighted by molar-refractivity contribution is 7.92. The highest BCUT2D eigenvalue weighted by Crippen LogP contribution is 2.25. The molecule has 2 aromatic carbocycles. The lowest BCUT2D eigenvalue weighted by molar-refractivity contribution is -0.139. The first-order chi connectivity index (χ1) is 16.0. The average molecular weight is 530 g/mol. The van der Waals surface area contributed by atoms with Crippen molar-refractivity contribution in [1.29, 1.82) is 0 Å². The van der Waals surface area contributed by atoms with Crippen molar-refractivity contribution in [2.45, 2.75) is 33.4 Å². The van der Waals surface area contributed by atoms with Gasteiger partial charge in [-0.15, -0.1) is 0 Å². The number of amides is 2. The summed E-state index contributed by atoms with van der Waals surface area (Å²) in [5.74, 6) is -0.329. The van der Waals surface area contributed by atoms with Gasteiger partial charge in [-0.25, -0.2) is 8.42 Å². The van der Waals surface area contributed by atoms with Gasteiger partial charge in [-0.2, -0.15) is 0 Å². The maximum Gasteiger partial charge on any atom is 0.244 e. The number of anilines is 1. The number of rotatable bonds is 11. The summed E-state index contributed by atoms with van der Waals surface area (Å²) in [5.41, 5.74) is 0.949. The number of ether oxygens (including phenoxy) is 1. The van der Waals surface area contributed by atoms with Crippen LogP contribution in [-0.2, 0) is 26.2 Å². The SMILES string of the molecule is CCNC(=O)C(C)N(Cc1ccc(Cl)c(Cl)c1)C(=O)CN(c1ccc(OCC)cc1)S(C)(=O)=O. The Kier molecular flexibility index (Phi) is 10.0. The highest BCUT2D eigenvalue weighted by atomic mass is 35.5. The third-order valence-electron chi connectivity index (χ3n) is 4.97. The molecule has 1 atom stereocenters. The number of hydrogen-bond donors (Lipinski definition) is 1. The van der Waals surface area contributed by atoms with Gasteiger partial charge in [0.25, 0.3) is 0 Å². The van der Waals surface area contributed by atoms with E-state index in [9.17, 15) is 18.0 Å². The van der Waals surface area contributed by atoms with Crippen molar-refractivity contribution in [2.24, 2.45) is 0 Å². The molecule has 0 aliphatic rings. The van der Waals surface area contributed by atoms with Gasteiger partial charge in [-0.1, -0.05) is 29.3 Å². The van der Waals surface area contributed by atoms with E-state index < -0.39 is 28.5 Å². The molecule has 0 heterocycles. The summed E-state index contributed by atoms with van der Waals surface area (Å²) >= 11 is 12.1. The van der Waals surface area contributed by atoms with Gasteiger partial charge in [-0.05, 0) is 62.7 Å². The van der Waals surface area contributed by atoms with E-state index in [0.717, 1.165) is 10.6 Å². The molecule has 0 aliphatic heterocycles. The van der Waals surface area contributed by atoms with Crippen molar-refractivity contribution in [3.63, 3.8) is 0 Å². The van der Waals surface area contributed by atoms with Crippen molar-refractivity contribution < 1.29 is 22.7 Å². The lowest BCUT2D eigenvalue weighted by atomic mass is 10.1. The van der Waals surface area contributed by atoms with E-state index in [2.05, 4.69) is 5.32 Å². The van der Waals surface area contributed by atoms with E-state index in [1.165, 1.54) is 4.90 Å². The summed E-state index contributed by atoms with van der Waals surface area (Å²) in [4.78, 5) is 27.3. The van der Waals surface area contributed by atoms with E-state index >= 15 is 0 Å². The van der Waals surface area contributed by atoms with Crippen molar-refractivity contribution in [1.82, 2.24) is 10.2 Å². The van der Waals surface area contributed by atoms with Gasteiger partial charge in [0.15, 0.2) is 0 Å². The molecular formula is C23H29Cl2N3O5S. The zero-order valence-corrected chi connectivity index (χ0v) is 21.9. The fourth-order valence-electron chi connectivity index (χ4n) is 3.23. The van der Waals surface area contributed by atoms with Crippen LogP contribution in [0, 0.1) is 0 Å². The van der Waals surface area contributed by atoms with Crippen molar-refractivity contribution in [2.75, 3.05) is 30.3 Å². The van der Waals surface area contributed by atoms with Gasteiger partial charge in [-0.3, -0.25) is 13.9 Å². The molecule has 2 aromatic rings. The normalized spacial score (nSPS) is 12.1. The van der Waals surface area contributed by atoms with Crippen LogP contribution in [0.2, 0.25) is 10.0 Å². The second kappa shape index (κ2) is 12.3. The minimum Gasteiger partial charge on any atom is -0.494 e. The third-order valence-corrected chi connectivity index (χ3v) is 6.85. The first-order valence-electron chi connectivity index (χ1n) is 10.7. The molecule has 8 nitrogen and oxygen atoms in total. The molecule has 0 saturated carbocycles. The Morgan fingerprint density at radius 2 is 1.71 bits per heavy atom. The number of sulfonamides is 1. The monoisotopic (exact) mass is 529 g/mol. The number of halogens is 2.